The Hall–Kier alpha value is -0.960. The molecule has 0 heterocycles. The molecule has 0 fully saturated rings. The molecule has 66 valence electrons. The maximum atomic E-state index is 12.7. The third-order valence-electron chi connectivity index (χ3n) is 1.88. The van der Waals surface area contributed by atoms with Gasteiger partial charge in [0, 0.05) is 6.04 Å². The standard InChI is InChI=1S/C9H11F2N/c1-6(12-2)7-3-4-8(10)9(11)5-7/h3-6,12H,1-2H3/t6-/m0/s1. The van der Waals surface area contributed by atoms with Gasteiger partial charge in [-0.3, -0.25) is 0 Å². The summed E-state index contributed by atoms with van der Waals surface area (Å²) in [5.74, 6) is -1.60. The first kappa shape index (κ1) is 9.13. The van der Waals surface area contributed by atoms with Crippen LogP contribution in [-0.4, -0.2) is 7.05 Å². The largest absolute Gasteiger partial charge is 0.313 e. The molecule has 0 aliphatic rings. The van der Waals surface area contributed by atoms with Crippen molar-refractivity contribution >= 4 is 0 Å². The predicted molar refractivity (Wildman–Crippen MR) is 43.8 cm³/mol. The predicted octanol–water partition coefficient (Wildman–Crippen LogP) is 2.25. The first-order chi connectivity index (χ1) is 5.65. The van der Waals surface area contributed by atoms with Crippen molar-refractivity contribution in [3.05, 3.63) is 35.4 Å². The molecule has 3 heteroatoms. The molecule has 0 saturated carbocycles. The van der Waals surface area contributed by atoms with Gasteiger partial charge in [0.25, 0.3) is 0 Å². The number of rotatable bonds is 2. The third kappa shape index (κ3) is 1.80. The number of hydrogen-bond donors (Lipinski definition) is 1. The summed E-state index contributed by atoms with van der Waals surface area (Å²) in [7, 11) is 1.77. The molecule has 0 aliphatic heterocycles. The lowest BCUT2D eigenvalue weighted by Crippen LogP contribution is -2.12. The molecule has 0 amide bonds. The van der Waals surface area contributed by atoms with Crippen LogP contribution in [0.5, 0.6) is 0 Å². The van der Waals surface area contributed by atoms with Crippen molar-refractivity contribution in [2.45, 2.75) is 13.0 Å². The molecular weight excluding hydrogens is 160 g/mol. The van der Waals surface area contributed by atoms with E-state index in [-0.39, 0.29) is 6.04 Å². The molecule has 0 saturated heterocycles. The van der Waals surface area contributed by atoms with Gasteiger partial charge in [-0.05, 0) is 31.7 Å². The quantitative estimate of drug-likeness (QED) is 0.719. The minimum absolute atomic E-state index is 0.0418. The number of benzene rings is 1. The van der Waals surface area contributed by atoms with Crippen molar-refractivity contribution in [3.8, 4) is 0 Å². The smallest absolute Gasteiger partial charge is 0.159 e. The van der Waals surface area contributed by atoms with Gasteiger partial charge in [-0.15, -0.1) is 0 Å². The Bertz CT molecular complexity index is 273. The molecule has 1 nitrogen and oxygen atoms in total. The van der Waals surface area contributed by atoms with Crippen LogP contribution in [0, 0.1) is 11.6 Å². The van der Waals surface area contributed by atoms with Crippen molar-refractivity contribution in [2.75, 3.05) is 7.05 Å². The van der Waals surface area contributed by atoms with Gasteiger partial charge in [0.2, 0.25) is 0 Å². The Morgan fingerprint density at radius 2 is 1.92 bits per heavy atom. The molecule has 0 unspecified atom stereocenters. The Morgan fingerprint density at radius 1 is 1.25 bits per heavy atom. The monoisotopic (exact) mass is 171 g/mol. The highest BCUT2D eigenvalue weighted by Crippen LogP contribution is 2.14. The number of hydrogen-bond acceptors (Lipinski definition) is 1. The molecule has 1 N–H and O–H groups in total. The zero-order valence-corrected chi connectivity index (χ0v) is 7.07. The fourth-order valence-electron chi connectivity index (χ4n) is 0.948. The van der Waals surface area contributed by atoms with Crippen LogP contribution in [0.1, 0.15) is 18.5 Å². The molecule has 0 aromatic heterocycles. The zero-order valence-electron chi connectivity index (χ0n) is 7.07. The van der Waals surface area contributed by atoms with Gasteiger partial charge in [-0.1, -0.05) is 6.07 Å². The summed E-state index contributed by atoms with van der Waals surface area (Å²) >= 11 is 0. The Kier molecular flexibility index (Phi) is 2.76. The van der Waals surface area contributed by atoms with Crippen LogP contribution in [0.2, 0.25) is 0 Å². The minimum atomic E-state index is -0.804. The van der Waals surface area contributed by atoms with E-state index in [1.807, 2.05) is 6.92 Å². The van der Waals surface area contributed by atoms with E-state index in [0.717, 1.165) is 11.6 Å². The van der Waals surface area contributed by atoms with E-state index in [1.54, 1.807) is 13.1 Å². The fourth-order valence-corrected chi connectivity index (χ4v) is 0.948. The second kappa shape index (κ2) is 3.63. The number of nitrogens with one attached hydrogen (secondary N) is 1. The van der Waals surface area contributed by atoms with Crippen LogP contribution in [0.15, 0.2) is 18.2 Å². The lowest BCUT2D eigenvalue weighted by molar-refractivity contribution is 0.504. The van der Waals surface area contributed by atoms with Crippen molar-refractivity contribution in [3.63, 3.8) is 0 Å². The molecule has 0 aliphatic carbocycles. The van der Waals surface area contributed by atoms with Crippen molar-refractivity contribution in [2.24, 2.45) is 0 Å². The van der Waals surface area contributed by atoms with E-state index in [0.29, 0.717) is 0 Å². The summed E-state index contributed by atoms with van der Waals surface area (Å²) in [6.45, 7) is 1.88. The minimum Gasteiger partial charge on any atom is -0.313 e. The molecule has 0 bridgehead atoms. The summed E-state index contributed by atoms with van der Waals surface area (Å²) in [5.41, 5.74) is 0.747. The summed E-state index contributed by atoms with van der Waals surface area (Å²) in [5, 5.41) is 2.94. The molecule has 0 spiro atoms. The second-order valence-electron chi connectivity index (χ2n) is 2.68. The first-order valence-corrected chi connectivity index (χ1v) is 3.77. The van der Waals surface area contributed by atoms with Gasteiger partial charge in [-0.2, -0.15) is 0 Å². The van der Waals surface area contributed by atoms with E-state index in [9.17, 15) is 8.78 Å². The number of halogens is 2. The van der Waals surface area contributed by atoms with E-state index in [1.165, 1.54) is 6.07 Å². The fraction of sp³-hybridized carbons (Fsp3) is 0.333. The normalized spacial score (nSPS) is 13.0. The maximum Gasteiger partial charge on any atom is 0.159 e. The van der Waals surface area contributed by atoms with Gasteiger partial charge in [0.1, 0.15) is 0 Å². The Labute approximate surface area is 70.4 Å². The second-order valence-corrected chi connectivity index (χ2v) is 2.68. The van der Waals surface area contributed by atoms with Crippen LogP contribution in [0.3, 0.4) is 0 Å². The van der Waals surface area contributed by atoms with Crippen molar-refractivity contribution in [1.29, 1.82) is 0 Å². The summed E-state index contributed by atoms with van der Waals surface area (Å²) in [6, 6.07) is 3.95. The highest BCUT2D eigenvalue weighted by atomic mass is 19.2. The lowest BCUT2D eigenvalue weighted by Gasteiger charge is -2.09. The summed E-state index contributed by atoms with van der Waals surface area (Å²) in [6.07, 6.45) is 0. The van der Waals surface area contributed by atoms with Gasteiger partial charge in [0.15, 0.2) is 11.6 Å². The van der Waals surface area contributed by atoms with Crippen LogP contribution >= 0.6 is 0 Å². The first-order valence-electron chi connectivity index (χ1n) is 3.77. The summed E-state index contributed by atoms with van der Waals surface area (Å²) in [4.78, 5) is 0. The van der Waals surface area contributed by atoms with Crippen LogP contribution in [0.4, 0.5) is 8.78 Å². The third-order valence-corrected chi connectivity index (χ3v) is 1.88. The summed E-state index contributed by atoms with van der Waals surface area (Å²) < 4.78 is 25.1. The van der Waals surface area contributed by atoms with Crippen molar-refractivity contribution in [1.82, 2.24) is 5.32 Å². The van der Waals surface area contributed by atoms with E-state index in [4.69, 9.17) is 0 Å². The topological polar surface area (TPSA) is 12.0 Å². The molecule has 1 atom stereocenters. The molecule has 1 rings (SSSR count). The van der Waals surface area contributed by atoms with E-state index in [2.05, 4.69) is 5.32 Å². The van der Waals surface area contributed by atoms with Gasteiger partial charge < -0.3 is 5.32 Å². The van der Waals surface area contributed by atoms with Gasteiger partial charge in [0.05, 0.1) is 0 Å². The Morgan fingerprint density at radius 3 is 2.42 bits per heavy atom. The Balaban J connectivity index is 2.96. The van der Waals surface area contributed by atoms with Gasteiger partial charge in [-0.25, -0.2) is 8.78 Å². The molecule has 1 aromatic rings. The van der Waals surface area contributed by atoms with E-state index < -0.39 is 11.6 Å². The van der Waals surface area contributed by atoms with Crippen LogP contribution < -0.4 is 5.32 Å². The average molecular weight is 171 g/mol. The van der Waals surface area contributed by atoms with Gasteiger partial charge >= 0.3 is 0 Å². The molecule has 1 aromatic carbocycles. The molecular formula is C9H11F2N. The maximum absolute atomic E-state index is 12.7. The highest BCUT2D eigenvalue weighted by Gasteiger charge is 2.06. The van der Waals surface area contributed by atoms with Crippen LogP contribution in [-0.2, 0) is 0 Å². The molecule has 0 radical (unpaired) electrons. The van der Waals surface area contributed by atoms with E-state index >= 15 is 0 Å². The van der Waals surface area contributed by atoms with Crippen molar-refractivity contribution < 1.29 is 8.78 Å². The average Bonchev–Trinajstić information content (AvgIpc) is 2.08. The molecule has 12 heavy (non-hydrogen) atoms. The lowest BCUT2D eigenvalue weighted by atomic mass is 10.1. The highest BCUT2D eigenvalue weighted by molar-refractivity contribution is 5.20. The van der Waals surface area contributed by atoms with Crippen LogP contribution in [0.25, 0.3) is 0 Å². The zero-order chi connectivity index (χ0) is 9.14. The SMILES string of the molecule is CN[C@@H](C)c1ccc(F)c(F)c1.